The van der Waals surface area contributed by atoms with Gasteiger partial charge in [-0.3, -0.25) is 0 Å². The lowest BCUT2D eigenvalue weighted by Crippen LogP contribution is -2.37. The number of rotatable bonds is 2. The predicted octanol–water partition coefficient (Wildman–Crippen LogP) is 2.78. The van der Waals surface area contributed by atoms with Crippen LogP contribution in [-0.2, 0) is 6.42 Å². The maximum Gasteiger partial charge on any atom is 0.0718 e. The summed E-state index contributed by atoms with van der Waals surface area (Å²) < 4.78 is 0. The van der Waals surface area contributed by atoms with Gasteiger partial charge in [0.1, 0.15) is 0 Å². The Bertz CT molecular complexity index is 346. The third-order valence-electron chi connectivity index (χ3n) is 4.30. The standard InChI is InChI=1S/C14H18O/c15-14(9-11-4-2-1-3-5-11)10-12-6-7-13(14)8-12/h1-5,12-13,15H,6-10H2. The maximum absolute atomic E-state index is 10.6. The second kappa shape index (κ2) is 3.34. The van der Waals surface area contributed by atoms with Crippen LogP contribution in [0.15, 0.2) is 30.3 Å². The zero-order valence-corrected chi connectivity index (χ0v) is 9.02. The Hall–Kier alpha value is -0.820. The predicted molar refractivity (Wildman–Crippen MR) is 60.5 cm³/mol. The molecular weight excluding hydrogens is 184 g/mol. The van der Waals surface area contributed by atoms with Gasteiger partial charge in [0.05, 0.1) is 5.60 Å². The van der Waals surface area contributed by atoms with Crippen molar-refractivity contribution < 1.29 is 5.11 Å². The Morgan fingerprint density at radius 1 is 1.20 bits per heavy atom. The molecule has 2 aliphatic rings. The molecule has 1 aromatic rings. The van der Waals surface area contributed by atoms with Gasteiger partial charge in [0.15, 0.2) is 0 Å². The molecule has 0 amide bonds. The molecule has 1 nitrogen and oxygen atoms in total. The fourth-order valence-corrected chi connectivity index (χ4v) is 3.58. The van der Waals surface area contributed by atoms with Crippen LogP contribution in [0, 0.1) is 11.8 Å². The van der Waals surface area contributed by atoms with Crippen LogP contribution in [0.25, 0.3) is 0 Å². The van der Waals surface area contributed by atoms with Crippen molar-refractivity contribution in [1.82, 2.24) is 0 Å². The molecule has 1 heteroatoms. The Morgan fingerprint density at radius 3 is 2.60 bits per heavy atom. The van der Waals surface area contributed by atoms with Crippen LogP contribution in [0.3, 0.4) is 0 Å². The van der Waals surface area contributed by atoms with Crippen molar-refractivity contribution in [3.63, 3.8) is 0 Å². The monoisotopic (exact) mass is 202 g/mol. The first-order valence-corrected chi connectivity index (χ1v) is 6.02. The van der Waals surface area contributed by atoms with Crippen molar-refractivity contribution in [3.05, 3.63) is 35.9 Å². The van der Waals surface area contributed by atoms with Gasteiger partial charge in [-0.15, -0.1) is 0 Å². The Morgan fingerprint density at radius 2 is 2.00 bits per heavy atom. The molecule has 2 bridgehead atoms. The van der Waals surface area contributed by atoms with Crippen molar-refractivity contribution >= 4 is 0 Å². The summed E-state index contributed by atoms with van der Waals surface area (Å²) in [6.07, 6.45) is 5.75. The molecule has 0 saturated heterocycles. The van der Waals surface area contributed by atoms with Crippen molar-refractivity contribution in [2.45, 2.75) is 37.7 Å². The zero-order valence-electron chi connectivity index (χ0n) is 9.02. The number of hydrogen-bond acceptors (Lipinski definition) is 1. The molecule has 80 valence electrons. The van der Waals surface area contributed by atoms with E-state index in [1.807, 2.05) is 6.07 Å². The highest BCUT2D eigenvalue weighted by atomic mass is 16.3. The second-order valence-electron chi connectivity index (χ2n) is 5.35. The third-order valence-corrected chi connectivity index (χ3v) is 4.30. The summed E-state index contributed by atoms with van der Waals surface area (Å²) in [5.41, 5.74) is 0.900. The van der Waals surface area contributed by atoms with E-state index in [1.165, 1.54) is 24.8 Å². The minimum absolute atomic E-state index is 0.385. The van der Waals surface area contributed by atoms with Crippen LogP contribution in [0.5, 0.6) is 0 Å². The largest absolute Gasteiger partial charge is 0.389 e. The number of fused-ring (bicyclic) bond motifs is 2. The van der Waals surface area contributed by atoms with Gasteiger partial charge < -0.3 is 5.11 Å². The van der Waals surface area contributed by atoms with E-state index in [0.29, 0.717) is 5.92 Å². The molecule has 2 fully saturated rings. The molecule has 0 aliphatic heterocycles. The fourth-order valence-electron chi connectivity index (χ4n) is 3.58. The lowest BCUT2D eigenvalue weighted by atomic mass is 9.80. The van der Waals surface area contributed by atoms with Gasteiger partial charge in [-0.05, 0) is 43.1 Å². The summed E-state index contributed by atoms with van der Waals surface area (Å²) in [6.45, 7) is 0. The molecule has 1 N–H and O–H groups in total. The molecule has 3 atom stereocenters. The van der Waals surface area contributed by atoms with Crippen LogP contribution in [-0.4, -0.2) is 10.7 Å². The van der Waals surface area contributed by atoms with Gasteiger partial charge >= 0.3 is 0 Å². The fraction of sp³-hybridized carbons (Fsp3) is 0.571. The van der Waals surface area contributed by atoms with Crippen LogP contribution >= 0.6 is 0 Å². The second-order valence-corrected chi connectivity index (χ2v) is 5.35. The topological polar surface area (TPSA) is 20.2 Å². The molecule has 3 rings (SSSR count). The van der Waals surface area contributed by atoms with Gasteiger partial charge in [-0.2, -0.15) is 0 Å². The average Bonchev–Trinajstić information content (AvgIpc) is 2.78. The van der Waals surface area contributed by atoms with Gasteiger partial charge in [0.2, 0.25) is 0 Å². The first kappa shape index (κ1) is 9.41. The molecule has 0 heterocycles. The van der Waals surface area contributed by atoms with E-state index in [-0.39, 0.29) is 5.60 Å². The van der Waals surface area contributed by atoms with E-state index < -0.39 is 0 Å². The van der Waals surface area contributed by atoms with E-state index in [0.717, 1.165) is 18.8 Å². The van der Waals surface area contributed by atoms with Crippen LogP contribution in [0.1, 0.15) is 31.2 Å². The highest BCUT2D eigenvalue weighted by Gasteiger charge is 2.49. The maximum atomic E-state index is 10.6. The normalized spacial score (nSPS) is 38.5. The van der Waals surface area contributed by atoms with Crippen LogP contribution in [0.4, 0.5) is 0 Å². The molecule has 1 aromatic carbocycles. The van der Waals surface area contributed by atoms with E-state index in [9.17, 15) is 5.11 Å². The van der Waals surface area contributed by atoms with E-state index in [4.69, 9.17) is 0 Å². The molecule has 0 aromatic heterocycles. The molecule has 2 saturated carbocycles. The zero-order chi connectivity index (χ0) is 10.3. The van der Waals surface area contributed by atoms with Gasteiger partial charge in [0, 0.05) is 6.42 Å². The minimum atomic E-state index is -0.385. The minimum Gasteiger partial charge on any atom is -0.389 e. The summed E-state index contributed by atoms with van der Waals surface area (Å²) in [5, 5.41) is 10.6. The highest BCUT2D eigenvalue weighted by molar-refractivity contribution is 5.19. The van der Waals surface area contributed by atoms with Crippen molar-refractivity contribution in [1.29, 1.82) is 0 Å². The Labute approximate surface area is 91.1 Å². The lowest BCUT2D eigenvalue weighted by molar-refractivity contribution is -0.0125. The van der Waals surface area contributed by atoms with E-state index in [2.05, 4.69) is 24.3 Å². The molecule has 0 spiro atoms. The lowest BCUT2D eigenvalue weighted by Gasteiger charge is -2.32. The summed E-state index contributed by atoms with van der Waals surface area (Å²) >= 11 is 0. The molecular formula is C14H18O. The molecule has 0 radical (unpaired) electrons. The molecule has 2 aliphatic carbocycles. The van der Waals surface area contributed by atoms with Crippen LogP contribution in [0.2, 0.25) is 0 Å². The van der Waals surface area contributed by atoms with Crippen molar-refractivity contribution in [2.24, 2.45) is 11.8 Å². The van der Waals surface area contributed by atoms with Gasteiger partial charge in [-0.1, -0.05) is 30.3 Å². The number of aliphatic hydroxyl groups is 1. The van der Waals surface area contributed by atoms with Gasteiger partial charge in [0.25, 0.3) is 0 Å². The number of hydrogen-bond donors (Lipinski definition) is 1. The SMILES string of the molecule is OC1(Cc2ccccc2)CC2CCC1C2. The summed E-state index contributed by atoms with van der Waals surface area (Å²) in [7, 11) is 0. The van der Waals surface area contributed by atoms with Crippen molar-refractivity contribution in [3.8, 4) is 0 Å². The first-order chi connectivity index (χ1) is 7.26. The Balaban J connectivity index is 1.78. The molecule has 3 unspecified atom stereocenters. The van der Waals surface area contributed by atoms with Crippen LogP contribution < -0.4 is 0 Å². The first-order valence-electron chi connectivity index (χ1n) is 6.02. The summed E-state index contributed by atoms with van der Waals surface area (Å²) in [5.74, 6) is 1.38. The average molecular weight is 202 g/mol. The Kier molecular flexibility index (Phi) is 2.10. The summed E-state index contributed by atoms with van der Waals surface area (Å²) in [6, 6.07) is 10.4. The van der Waals surface area contributed by atoms with E-state index >= 15 is 0 Å². The summed E-state index contributed by atoms with van der Waals surface area (Å²) in [4.78, 5) is 0. The van der Waals surface area contributed by atoms with E-state index in [1.54, 1.807) is 0 Å². The van der Waals surface area contributed by atoms with Crippen molar-refractivity contribution in [2.75, 3.05) is 0 Å². The quantitative estimate of drug-likeness (QED) is 0.782. The highest BCUT2D eigenvalue weighted by Crippen LogP contribution is 2.51. The molecule has 15 heavy (non-hydrogen) atoms. The third kappa shape index (κ3) is 1.59. The smallest absolute Gasteiger partial charge is 0.0718 e. The number of benzene rings is 1. The van der Waals surface area contributed by atoms with Gasteiger partial charge in [-0.25, -0.2) is 0 Å².